The number of nitrogens with zero attached hydrogens (tertiary/aromatic N) is 1. The highest BCUT2D eigenvalue weighted by molar-refractivity contribution is 6.01. The van der Waals surface area contributed by atoms with Gasteiger partial charge in [-0.1, -0.05) is 42.5 Å². The van der Waals surface area contributed by atoms with Crippen LogP contribution in [0.2, 0.25) is 0 Å². The van der Waals surface area contributed by atoms with Crippen LogP contribution in [0.4, 0.5) is 5.69 Å². The lowest BCUT2D eigenvalue weighted by Crippen LogP contribution is -2.38. The summed E-state index contributed by atoms with van der Waals surface area (Å²) >= 11 is 0. The number of benzene rings is 2. The zero-order chi connectivity index (χ0) is 19.9. The molecule has 1 heterocycles. The Balaban J connectivity index is 1.56. The maximum atomic E-state index is 12.7. The van der Waals surface area contributed by atoms with Crippen LogP contribution < -0.4 is 15.0 Å². The fourth-order valence-corrected chi connectivity index (χ4v) is 3.53. The summed E-state index contributed by atoms with van der Waals surface area (Å²) in [4.78, 5) is 26.9. The number of ether oxygens (including phenoxy) is 1. The van der Waals surface area contributed by atoms with Gasteiger partial charge in [-0.25, -0.2) is 0 Å². The van der Waals surface area contributed by atoms with Crippen LogP contribution in [-0.4, -0.2) is 31.0 Å². The first-order chi connectivity index (χ1) is 13.6. The van der Waals surface area contributed by atoms with Gasteiger partial charge in [-0.2, -0.15) is 0 Å². The standard InChI is InChI=1S/C23H28N2O3/c1-3-28-21-12-8-7-11-20(21)25-16-19(15-22(25)26)23(27)24-17(2)13-14-18-9-5-4-6-10-18/h4-12,17,19H,3,13-16H2,1-2H3,(H,24,27). The van der Waals surface area contributed by atoms with Gasteiger partial charge < -0.3 is 15.0 Å². The summed E-state index contributed by atoms with van der Waals surface area (Å²) in [6, 6.07) is 17.8. The maximum absolute atomic E-state index is 12.7. The Labute approximate surface area is 166 Å². The Morgan fingerprint density at radius 2 is 1.89 bits per heavy atom. The molecule has 2 unspecified atom stereocenters. The normalized spacial score (nSPS) is 17.4. The van der Waals surface area contributed by atoms with Gasteiger partial charge in [-0.05, 0) is 44.4 Å². The molecule has 1 aliphatic rings. The molecule has 5 heteroatoms. The van der Waals surface area contributed by atoms with E-state index < -0.39 is 0 Å². The lowest BCUT2D eigenvalue weighted by molar-refractivity contribution is -0.126. The van der Waals surface area contributed by atoms with E-state index in [0.717, 1.165) is 18.5 Å². The Kier molecular flexibility index (Phi) is 6.69. The fraction of sp³-hybridized carbons (Fsp3) is 0.391. The molecule has 5 nitrogen and oxygen atoms in total. The van der Waals surface area contributed by atoms with Gasteiger partial charge >= 0.3 is 0 Å². The monoisotopic (exact) mass is 380 g/mol. The molecule has 1 aliphatic heterocycles. The zero-order valence-corrected chi connectivity index (χ0v) is 16.6. The molecule has 0 saturated carbocycles. The molecule has 0 aromatic heterocycles. The molecular weight excluding hydrogens is 352 g/mol. The van der Waals surface area contributed by atoms with Crippen LogP contribution in [0.1, 0.15) is 32.3 Å². The molecule has 2 aromatic rings. The number of rotatable bonds is 8. The number of amides is 2. The van der Waals surface area contributed by atoms with Crippen LogP contribution in [0, 0.1) is 5.92 Å². The fourth-order valence-electron chi connectivity index (χ4n) is 3.53. The smallest absolute Gasteiger partial charge is 0.227 e. The van der Waals surface area contributed by atoms with Crippen LogP contribution >= 0.6 is 0 Å². The largest absolute Gasteiger partial charge is 0.492 e. The van der Waals surface area contributed by atoms with Crippen molar-refractivity contribution in [2.75, 3.05) is 18.1 Å². The average Bonchev–Trinajstić information content (AvgIpc) is 3.09. The van der Waals surface area contributed by atoms with Crippen molar-refractivity contribution in [3.05, 3.63) is 60.2 Å². The molecule has 1 fully saturated rings. The number of carbonyl (C=O) groups is 2. The van der Waals surface area contributed by atoms with Crippen LogP contribution in [0.15, 0.2) is 54.6 Å². The van der Waals surface area contributed by atoms with E-state index in [0.29, 0.717) is 18.9 Å². The van der Waals surface area contributed by atoms with E-state index in [4.69, 9.17) is 4.74 Å². The molecule has 0 bridgehead atoms. The highest BCUT2D eigenvalue weighted by Gasteiger charge is 2.36. The highest BCUT2D eigenvalue weighted by Crippen LogP contribution is 2.33. The molecule has 2 aromatic carbocycles. The summed E-state index contributed by atoms with van der Waals surface area (Å²) in [5.74, 6) is 0.256. The quantitative estimate of drug-likeness (QED) is 0.762. The van der Waals surface area contributed by atoms with Crippen molar-refractivity contribution >= 4 is 17.5 Å². The minimum Gasteiger partial charge on any atom is -0.492 e. The highest BCUT2D eigenvalue weighted by atomic mass is 16.5. The molecule has 2 atom stereocenters. The average molecular weight is 380 g/mol. The van der Waals surface area contributed by atoms with Gasteiger partial charge in [-0.15, -0.1) is 0 Å². The van der Waals surface area contributed by atoms with Crippen molar-refractivity contribution in [1.82, 2.24) is 5.32 Å². The summed E-state index contributed by atoms with van der Waals surface area (Å²) in [6.45, 7) is 4.84. The molecule has 28 heavy (non-hydrogen) atoms. The van der Waals surface area contributed by atoms with E-state index in [1.165, 1.54) is 5.56 Å². The predicted octanol–water partition coefficient (Wildman–Crippen LogP) is 3.58. The summed E-state index contributed by atoms with van der Waals surface area (Å²) in [5, 5.41) is 3.08. The van der Waals surface area contributed by atoms with Crippen molar-refractivity contribution in [3.63, 3.8) is 0 Å². The molecule has 0 aliphatic carbocycles. The van der Waals surface area contributed by atoms with E-state index >= 15 is 0 Å². The first kappa shape index (κ1) is 19.9. The summed E-state index contributed by atoms with van der Waals surface area (Å²) in [5.41, 5.74) is 2.00. The Morgan fingerprint density at radius 1 is 1.18 bits per heavy atom. The van der Waals surface area contributed by atoms with Gasteiger partial charge in [0.05, 0.1) is 18.2 Å². The number of aryl methyl sites for hydroxylation is 1. The summed E-state index contributed by atoms with van der Waals surface area (Å²) < 4.78 is 5.64. The summed E-state index contributed by atoms with van der Waals surface area (Å²) in [7, 11) is 0. The van der Waals surface area contributed by atoms with E-state index in [-0.39, 0.29) is 30.2 Å². The second-order valence-electron chi connectivity index (χ2n) is 7.24. The lowest BCUT2D eigenvalue weighted by atomic mass is 10.0. The van der Waals surface area contributed by atoms with Crippen molar-refractivity contribution in [1.29, 1.82) is 0 Å². The van der Waals surface area contributed by atoms with Crippen molar-refractivity contribution in [2.45, 2.75) is 39.2 Å². The Hall–Kier alpha value is -2.82. The SMILES string of the molecule is CCOc1ccccc1N1CC(C(=O)NC(C)CCc2ccccc2)CC1=O. The third-order valence-electron chi connectivity index (χ3n) is 5.05. The van der Waals surface area contributed by atoms with Crippen molar-refractivity contribution in [3.8, 4) is 5.75 Å². The molecule has 1 N–H and O–H groups in total. The van der Waals surface area contributed by atoms with Crippen LogP contribution in [0.25, 0.3) is 0 Å². The second-order valence-corrected chi connectivity index (χ2v) is 7.24. The predicted molar refractivity (Wildman–Crippen MR) is 110 cm³/mol. The van der Waals surface area contributed by atoms with E-state index in [2.05, 4.69) is 17.4 Å². The minimum atomic E-state index is -0.332. The number of anilines is 1. The van der Waals surface area contributed by atoms with Gasteiger partial charge in [0.2, 0.25) is 11.8 Å². The van der Waals surface area contributed by atoms with E-state index in [1.54, 1.807) is 4.90 Å². The first-order valence-corrected chi connectivity index (χ1v) is 9.95. The van der Waals surface area contributed by atoms with E-state index in [1.807, 2.05) is 56.3 Å². The van der Waals surface area contributed by atoms with Gasteiger partial charge in [0, 0.05) is 19.0 Å². The molecule has 2 amide bonds. The Morgan fingerprint density at radius 3 is 2.64 bits per heavy atom. The second kappa shape index (κ2) is 9.40. The Bertz CT molecular complexity index is 807. The van der Waals surface area contributed by atoms with Crippen LogP contribution in [0.5, 0.6) is 5.75 Å². The van der Waals surface area contributed by atoms with Gasteiger partial charge in [0.25, 0.3) is 0 Å². The van der Waals surface area contributed by atoms with Gasteiger partial charge in [0.15, 0.2) is 0 Å². The third kappa shape index (κ3) is 4.91. The first-order valence-electron chi connectivity index (χ1n) is 9.95. The molecule has 148 valence electrons. The van der Waals surface area contributed by atoms with E-state index in [9.17, 15) is 9.59 Å². The molecule has 3 rings (SSSR count). The molecule has 0 radical (unpaired) electrons. The number of hydrogen-bond acceptors (Lipinski definition) is 3. The lowest BCUT2D eigenvalue weighted by Gasteiger charge is -2.20. The summed E-state index contributed by atoms with van der Waals surface area (Å²) in [6.07, 6.45) is 2.02. The molecular formula is C23H28N2O3. The van der Waals surface area contributed by atoms with Gasteiger partial charge in [0.1, 0.15) is 5.75 Å². The number of hydrogen-bond donors (Lipinski definition) is 1. The van der Waals surface area contributed by atoms with Crippen LogP contribution in [-0.2, 0) is 16.0 Å². The number of carbonyl (C=O) groups excluding carboxylic acids is 2. The zero-order valence-electron chi connectivity index (χ0n) is 16.6. The molecule has 0 spiro atoms. The number of nitrogens with one attached hydrogen (secondary N) is 1. The maximum Gasteiger partial charge on any atom is 0.227 e. The number of para-hydroxylation sites is 2. The van der Waals surface area contributed by atoms with Crippen LogP contribution in [0.3, 0.4) is 0 Å². The van der Waals surface area contributed by atoms with Crippen molar-refractivity contribution < 1.29 is 14.3 Å². The topological polar surface area (TPSA) is 58.6 Å². The van der Waals surface area contributed by atoms with Gasteiger partial charge in [-0.3, -0.25) is 9.59 Å². The van der Waals surface area contributed by atoms with Crippen molar-refractivity contribution in [2.24, 2.45) is 5.92 Å². The third-order valence-corrected chi connectivity index (χ3v) is 5.05. The molecule has 1 saturated heterocycles. The minimum absolute atomic E-state index is 0.0377.